The summed E-state index contributed by atoms with van der Waals surface area (Å²) in [5.74, 6) is 1.24. The second-order valence-corrected chi connectivity index (χ2v) is 8.67. The lowest BCUT2D eigenvalue weighted by Gasteiger charge is -2.26. The summed E-state index contributed by atoms with van der Waals surface area (Å²) in [6.07, 6.45) is 3.00. The molecular weight excluding hydrogens is 402 g/mol. The molecule has 0 saturated carbocycles. The minimum absolute atomic E-state index is 0.0504. The van der Waals surface area contributed by atoms with Crippen molar-refractivity contribution in [1.29, 1.82) is 0 Å². The first-order chi connectivity index (χ1) is 15.6. The van der Waals surface area contributed by atoms with Gasteiger partial charge in [0.25, 0.3) is 0 Å². The fraction of sp³-hybridized carbons (Fsp3) is 0.462. The van der Waals surface area contributed by atoms with Gasteiger partial charge in [0.1, 0.15) is 5.75 Å². The van der Waals surface area contributed by atoms with Gasteiger partial charge in [0.05, 0.1) is 13.2 Å². The van der Waals surface area contributed by atoms with Crippen molar-refractivity contribution < 1.29 is 14.3 Å². The lowest BCUT2D eigenvalue weighted by molar-refractivity contribution is -0.132. The molecule has 0 radical (unpaired) electrons. The van der Waals surface area contributed by atoms with Gasteiger partial charge < -0.3 is 14.5 Å². The quantitative estimate of drug-likeness (QED) is 0.671. The number of aryl methyl sites for hydroxylation is 1. The van der Waals surface area contributed by atoms with E-state index in [0.717, 1.165) is 50.3 Å². The van der Waals surface area contributed by atoms with E-state index in [9.17, 15) is 9.59 Å². The Morgan fingerprint density at radius 2 is 1.78 bits per heavy atom. The van der Waals surface area contributed by atoms with Crippen LogP contribution in [0.2, 0.25) is 0 Å². The van der Waals surface area contributed by atoms with Crippen LogP contribution in [0.4, 0.5) is 0 Å². The van der Waals surface area contributed by atoms with Crippen molar-refractivity contribution in [1.82, 2.24) is 14.7 Å². The molecule has 0 aromatic heterocycles. The Hall–Kier alpha value is -2.86. The number of methoxy groups -OCH3 is 1. The molecule has 0 N–H and O–H groups in total. The Labute approximate surface area is 190 Å². The van der Waals surface area contributed by atoms with Crippen LogP contribution in [0.15, 0.2) is 54.6 Å². The van der Waals surface area contributed by atoms with Gasteiger partial charge in [0, 0.05) is 45.7 Å². The number of likely N-dealkylation sites (tertiary alicyclic amines) is 1. The van der Waals surface area contributed by atoms with E-state index >= 15 is 0 Å². The highest BCUT2D eigenvalue weighted by Gasteiger charge is 2.36. The fourth-order valence-electron chi connectivity index (χ4n) is 4.76. The van der Waals surface area contributed by atoms with Crippen LogP contribution >= 0.6 is 0 Å². The van der Waals surface area contributed by atoms with Gasteiger partial charge in [-0.1, -0.05) is 42.5 Å². The van der Waals surface area contributed by atoms with Crippen molar-refractivity contribution in [3.05, 3.63) is 65.7 Å². The number of carbonyl (C=O) groups is 2. The van der Waals surface area contributed by atoms with Crippen LogP contribution in [-0.4, -0.2) is 72.4 Å². The number of hydrogen-bond donors (Lipinski definition) is 0. The first-order valence-corrected chi connectivity index (χ1v) is 11.6. The Morgan fingerprint density at radius 1 is 0.969 bits per heavy atom. The van der Waals surface area contributed by atoms with Gasteiger partial charge >= 0.3 is 0 Å². The van der Waals surface area contributed by atoms with Gasteiger partial charge in [-0.05, 0) is 42.5 Å². The molecule has 2 aliphatic rings. The molecule has 2 saturated heterocycles. The minimum Gasteiger partial charge on any atom is -0.497 e. The van der Waals surface area contributed by atoms with Gasteiger partial charge in [0.15, 0.2) is 0 Å². The van der Waals surface area contributed by atoms with E-state index in [4.69, 9.17) is 4.74 Å². The van der Waals surface area contributed by atoms with E-state index in [1.165, 1.54) is 5.56 Å². The predicted molar refractivity (Wildman–Crippen MR) is 124 cm³/mol. The molecule has 0 unspecified atom stereocenters. The third-order valence-corrected chi connectivity index (χ3v) is 6.57. The summed E-state index contributed by atoms with van der Waals surface area (Å²) in [5, 5.41) is 0. The molecule has 32 heavy (non-hydrogen) atoms. The van der Waals surface area contributed by atoms with E-state index in [0.29, 0.717) is 25.9 Å². The van der Waals surface area contributed by atoms with Crippen LogP contribution in [-0.2, 0) is 22.6 Å². The monoisotopic (exact) mass is 435 g/mol. The molecule has 0 spiro atoms. The lowest BCUT2D eigenvalue weighted by Crippen LogP contribution is -2.44. The van der Waals surface area contributed by atoms with Crippen LogP contribution < -0.4 is 4.74 Å². The maximum Gasteiger partial charge on any atom is 0.240 e. The Morgan fingerprint density at radius 3 is 2.59 bits per heavy atom. The summed E-state index contributed by atoms with van der Waals surface area (Å²) in [6, 6.07) is 18.0. The molecule has 6 nitrogen and oxygen atoms in total. The van der Waals surface area contributed by atoms with Crippen LogP contribution in [0.3, 0.4) is 0 Å². The lowest BCUT2D eigenvalue weighted by atomic mass is 10.1. The first kappa shape index (κ1) is 22.3. The second-order valence-electron chi connectivity index (χ2n) is 8.67. The number of benzene rings is 2. The van der Waals surface area contributed by atoms with Crippen molar-refractivity contribution in [3.63, 3.8) is 0 Å². The molecule has 2 amide bonds. The van der Waals surface area contributed by atoms with Gasteiger partial charge in [-0.15, -0.1) is 0 Å². The van der Waals surface area contributed by atoms with Gasteiger partial charge in [-0.3, -0.25) is 14.5 Å². The fourth-order valence-corrected chi connectivity index (χ4v) is 4.76. The van der Waals surface area contributed by atoms with E-state index < -0.39 is 0 Å². The third-order valence-electron chi connectivity index (χ3n) is 6.57. The van der Waals surface area contributed by atoms with E-state index in [-0.39, 0.29) is 17.9 Å². The zero-order valence-corrected chi connectivity index (χ0v) is 18.9. The summed E-state index contributed by atoms with van der Waals surface area (Å²) >= 11 is 0. The molecule has 0 bridgehead atoms. The Balaban J connectivity index is 1.27. The summed E-state index contributed by atoms with van der Waals surface area (Å²) in [7, 11) is 1.66. The maximum absolute atomic E-state index is 13.0. The molecule has 2 aromatic rings. The zero-order chi connectivity index (χ0) is 22.3. The van der Waals surface area contributed by atoms with Crippen molar-refractivity contribution in [2.75, 3.05) is 39.8 Å². The number of hydrogen-bond acceptors (Lipinski definition) is 4. The zero-order valence-electron chi connectivity index (χ0n) is 18.9. The number of amides is 2. The molecule has 0 aliphatic carbocycles. The largest absolute Gasteiger partial charge is 0.497 e. The predicted octanol–water partition coefficient (Wildman–Crippen LogP) is 2.96. The number of ether oxygens (including phenoxy) is 1. The molecule has 2 aromatic carbocycles. The molecular formula is C26H33N3O3. The summed E-state index contributed by atoms with van der Waals surface area (Å²) in [4.78, 5) is 32.1. The standard InChI is InChI=1S/C26H33N3O3/c1-32-23-10-5-9-21(19-23)11-12-25(30)28-15-6-14-27(17-18-28)24-13-16-29(26(24)31)20-22-7-3-2-4-8-22/h2-5,7-10,19,24H,6,11-18,20H2,1H3/t24-/m0/s1. The van der Waals surface area contributed by atoms with Crippen molar-refractivity contribution in [3.8, 4) is 5.75 Å². The molecule has 6 heteroatoms. The summed E-state index contributed by atoms with van der Waals surface area (Å²) in [6.45, 7) is 4.58. The number of rotatable bonds is 7. The highest BCUT2D eigenvalue weighted by Crippen LogP contribution is 2.21. The highest BCUT2D eigenvalue weighted by atomic mass is 16.5. The molecule has 2 heterocycles. The normalized spacial score (nSPS) is 19.8. The number of carbonyl (C=O) groups excluding carboxylic acids is 2. The molecule has 2 aliphatic heterocycles. The maximum atomic E-state index is 13.0. The summed E-state index contributed by atoms with van der Waals surface area (Å²) < 4.78 is 5.27. The second kappa shape index (κ2) is 10.6. The average Bonchev–Trinajstić information content (AvgIpc) is 3.02. The SMILES string of the molecule is COc1cccc(CCC(=O)N2CCCN([C@H]3CCN(Cc4ccccc4)C3=O)CC2)c1. The Kier molecular flexibility index (Phi) is 7.43. The minimum atomic E-state index is -0.0504. The topological polar surface area (TPSA) is 53.1 Å². The third kappa shape index (κ3) is 5.49. The van der Waals surface area contributed by atoms with Crippen LogP contribution in [0.25, 0.3) is 0 Å². The van der Waals surface area contributed by atoms with Crippen LogP contribution in [0.5, 0.6) is 5.75 Å². The van der Waals surface area contributed by atoms with Crippen molar-refractivity contribution >= 4 is 11.8 Å². The molecule has 170 valence electrons. The van der Waals surface area contributed by atoms with E-state index in [1.54, 1.807) is 7.11 Å². The molecule has 1 atom stereocenters. The average molecular weight is 436 g/mol. The van der Waals surface area contributed by atoms with E-state index in [2.05, 4.69) is 17.0 Å². The van der Waals surface area contributed by atoms with Crippen molar-refractivity contribution in [2.45, 2.75) is 38.3 Å². The first-order valence-electron chi connectivity index (χ1n) is 11.6. The Bertz CT molecular complexity index is 918. The van der Waals surface area contributed by atoms with E-state index in [1.807, 2.05) is 52.3 Å². The van der Waals surface area contributed by atoms with Gasteiger partial charge in [-0.2, -0.15) is 0 Å². The van der Waals surface area contributed by atoms with Crippen LogP contribution in [0, 0.1) is 0 Å². The van der Waals surface area contributed by atoms with Crippen molar-refractivity contribution in [2.24, 2.45) is 0 Å². The van der Waals surface area contributed by atoms with Gasteiger partial charge in [0.2, 0.25) is 11.8 Å². The molecule has 4 rings (SSSR count). The summed E-state index contributed by atoms with van der Waals surface area (Å²) in [5.41, 5.74) is 2.29. The smallest absolute Gasteiger partial charge is 0.240 e. The molecule has 2 fully saturated rings. The van der Waals surface area contributed by atoms with Gasteiger partial charge in [-0.25, -0.2) is 0 Å². The van der Waals surface area contributed by atoms with Crippen LogP contribution in [0.1, 0.15) is 30.4 Å². The highest BCUT2D eigenvalue weighted by molar-refractivity contribution is 5.84. The number of nitrogens with zero attached hydrogens (tertiary/aromatic N) is 3.